The number of hydrogen-bond acceptors (Lipinski definition) is 7. The van der Waals surface area contributed by atoms with Crippen LogP contribution in [0, 0.1) is 0 Å². The SMILES string of the molecule is O=C(O)/C=C\C(=O)O.O=C1CSC2(CCN(CC3COc4ccccc4O3)CC2)N1. The van der Waals surface area contributed by atoms with E-state index in [2.05, 4.69) is 10.2 Å². The van der Waals surface area contributed by atoms with Crippen LogP contribution in [0.5, 0.6) is 11.5 Å². The number of piperidine rings is 1. The number of fused-ring (bicyclic) bond motifs is 1. The number of benzene rings is 1. The number of amides is 1. The first-order valence-electron chi connectivity index (χ1n) is 9.55. The van der Waals surface area contributed by atoms with E-state index in [0.717, 1.165) is 44.0 Å². The van der Waals surface area contributed by atoms with Crippen LogP contribution in [0.25, 0.3) is 0 Å². The second kappa shape index (κ2) is 9.86. The molecule has 0 radical (unpaired) electrons. The lowest BCUT2D eigenvalue weighted by atomic mass is 10.0. The van der Waals surface area contributed by atoms with Crippen LogP contribution in [0.3, 0.4) is 0 Å². The number of nitrogens with one attached hydrogen (secondary N) is 1. The number of thioether (sulfide) groups is 1. The number of para-hydroxylation sites is 2. The van der Waals surface area contributed by atoms with E-state index in [4.69, 9.17) is 19.7 Å². The van der Waals surface area contributed by atoms with Crippen LogP contribution >= 0.6 is 11.8 Å². The van der Waals surface area contributed by atoms with Gasteiger partial charge in [-0.1, -0.05) is 12.1 Å². The maximum Gasteiger partial charge on any atom is 0.328 e. The summed E-state index contributed by atoms with van der Waals surface area (Å²) in [6.45, 7) is 3.47. The van der Waals surface area contributed by atoms with Crippen molar-refractivity contribution in [2.75, 3.05) is 32.0 Å². The van der Waals surface area contributed by atoms with Crippen LogP contribution in [0.1, 0.15) is 12.8 Å². The van der Waals surface area contributed by atoms with Crippen molar-refractivity contribution in [3.63, 3.8) is 0 Å². The highest BCUT2D eigenvalue weighted by Gasteiger charge is 2.41. The van der Waals surface area contributed by atoms with Crippen LogP contribution in [-0.4, -0.2) is 75.9 Å². The Kier molecular flexibility index (Phi) is 7.22. The first kappa shape index (κ1) is 22.0. The fourth-order valence-electron chi connectivity index (χ4n) is 3.48. The number of hydrogen-bond donors (Lipinski definition) is 3. The minimum absolute atomic E-state index is 0.00982. The first-order chi connectivity index (χ1) is 14.3. The van der Waals surface area contributed by atoms with Crippen LogP contribution in [-0.2, 0) is 14.4 Å². The van der Waals surface area contributed by atoms with E-state index >= 15 is 0 Å². The third kappa shape index (κ3) is 6.14. The Hall–Kier alpha value is -2.72. The van der Waals surface area contributed by atoms with Gasteiger partial charge in [0.05, 0.1) is 10.6 Å². The molecule has 3 aliphatic rings. The molecular formula is C20H24N2O7S. The van der Waals surface area contributed by atoms with E-state index in [1.54, 1.807) is 11.8 Å². The molecule has 1 atom stereocenters. The van der Waals surface area contributed by atoms with Gasteiger partial charge >= 0.3 is 11.9 Å². The largest absolute Gasteiger partial charge is 0.486 e. The number of nitrogens with zero attached hydrogens (tertiary/aromatic N) is 1. The molecule has 0 bridgehead atoms. The minimum atomic E-state index is -1.26. The summed E-state index contributed by atoms with van der Waals surface area (Å²) >= 11 is 1.77. The molecule has 1 aromatic rings. The number of carbonyl (C=O) groups is 3. The molecule has 10 heteroatoms. The van der Waals surface area contributed by atoms with Gasteiger partial charge in [0.2, 0.25) is 5.91 Å². The van der Waals surface area contributed by atoms with Gasteiger partial charge in [0.15, 0.2) is 11.5 Å². The average molecular weight is 436 g/mol. The smallest absolute Gasteiger partial charge is 0.328 e. The van der Waals surface area contributed by atoms with Gasteiger partial charge in [-0.05, 0) is 25.0 Å². The van der Waals surface area contributed by atoms with E-state index in [-0.39, 0.29) is 16.9 Å². The number of carbonyl (C=O) groups excluding carboxylic acids is 1. The van der Waals surface area contributed by atoms with Gasteiger partial charge in [0.25, 0.3) is 0 Å². The lowest BCUT2D eigenvalue weighted by Crippen LogP contribution is -2.52. The summed E-state index contributed by atoms with van der Waals surface area (Å²) in [6.07, 6.45) is 3.21. The molecule has 1 amide bonds. The fraction of sp³-hybridized carbons (Fsp3) is 0.450. The number of rotatable bonds is 4. The Morgan fingerprint density at radius 3 is 2.37 bits per heavy atom. The summed E-state index contributed by atoms with van der Waals surface area (Å²) < 4.78 is 11.8. The Labute approximate surface area is 178 Å². The summed E-state index contributed by atoms with van der Waals surface area (Å²) in [4.78, 5) is 33.0. The van der Waals surface area contributed by atoms with Gasteiger partial charge in [-0.25, -0.2) is 9.59 Å². The molecule has 3 heterocycles. The Bertz CT molecular complexity index is 805. The lowest BCUT2D eigenvalue weighted by molar-refractivity contribution is -0.134. The van der Waals surface area contributed by atoms with E-state index < -0.39 is 11.9 Å². The number of ether oxygens (including phenoxy) is 2. The van der Waals surface area contributed by atoms with Gasteiger partial charge in [-0.15, -0.1) is 11.8 Å². The highest BCUT2D eigenvalue weighted by molar-refractivity contribution is 8.01. The molecule has 3 N–H and O–H groups in total. The molecule has 1 unspecified atom stereocenters. The zero-order chi connectivity index (χ0) is 21.6. The van der Waals surface area contributed by atoms with E-state index in [1.165, 1.54) is 0 Å². The Morgan fingerprint density at radius 2 is 1.80 bits per heavy atom. The molecular weight excluding hydrogens is 412 g/mol. The van der Waals surface area contributed by atoms with Crippen molar-refractivity contribution >= 4 is 29.6 Å². The molecule has 162 valence electrons. The highest BCUT2D eigenvalue weighted by Crippen LogP contribution is 2.37. The summed E-state index contributed by atoms with van der Waals surface area (Å²) in [5.74, 6) is -0.0535. The van der Waals surface area contributed by atoms with Crippen molar-refractivity contribution in [2.24, 2.45) is 0 Å². The zero-order valence-electron chi connectivity index (χ0n) is 16.3. The topological polar surface area (TPSA) is 125 Å². The first-order valence-corrected chi connectivity index (χ1v) is 10.5. The van der Waals surface area contributed by atoms with Crippen molar-refractivity contribution in [2.45, 2.75) is 23.8 Å². The number of carboxylic acid groups (broad SMARTS) is 2. The van der Waals surface area contributed by atoms with E-state index in [0.29, 0.717) is 24.5 Å². The quantitative estimate of drug-likeness (QED) is 0.597. The molecule has 1 aromatic carbocycles. The Balaban J connectivity index is 0.000000275. The molecule has 2 fully saturated rings. The van der Waals surface area contributed by atoms with Crippen molar-refractivity contribution < 1.29 is 34.1 Å². The summed E-state index contributed by atoms with van der Waals surface area (Å²) in [5, 5.41) is 18.8. The molecule has 3 aliphatic heterocycles. The molecule has 9 nitrogen and oxygen atoms in total. The molecule has 1 spiro atoms. The number of likely N-dealkylation sites (tertiary alicyclic amines) is 1. The number of aliphatic carboxylic acids is 2. The monoisotopic (exact) mass is 436 g/mol. The lowest BCUT2D eigenvalue weighted by Gasteiger charge is -2.40. The predicted octanol–water partition coefficient (Wildman–Crippen LogP) is 1.19. The van der Waals surface area contributed by atoms with Gasteiger partial charge in [-0.3, -0.25) is 9.69 Å². The van der Waals surface area contributed by atoms with Crippen LogP contribution in [0.4, 0.5) is 0 Å². The summed E-state index contributed by atoms with van der Waals surface area (Å²) in [7, 11) is 0. The van der Waals surface area contributed by atoms with Gasteiger partial charge < -0.3 is 25.0 Å². The molecule has 2 saturated heterocycles. The third-order valence-corrected chi connectivity index (χ3v) is 6.38. The van der Waals surface area contributed by atoms with Crippen molar-refractivity contribution in [3.8, 4) is 11.5 Å². The average Bonchev–Trinajstić information content (AvgIpc) is 3.09. The normalized spacial score (nSPS) is 22.3. The predicted molar refractivity (Wildman–Crippen MR) is 110 cm³/mol. The second-order valence-electron chi connectivity index (χ2n) is 7.14. The van der Waals surface area contributed by atoms with Crippen molar-refractivity contribution in [3.05, 3.63) is 36.4 Å². The van der Waals surface area contributed by atoms with Crippen LogP contribution < -0.4 is 14.8 Å². The van der Waals surface area contributed by atoms with E-state index in [9.17, 15) is 14.4 Å². The maximum atomic E-state index is 11.4. The molecule has 4 rings (SSSR count). The Morgan fingerprint density at radius 1 is 1.17 bits per heavy atom. The van der Waals surface area contributed by atoms with Gasteiger partial charge in [0.1, 0.15) is 12.7 Å². The summed E-state index contributed by atoms with van der Waals surface area (Å²) in [5.41, 5.74) is 0. The van der Waals surface area contributed by atoms with Crippen molar-refractivity contribution in [1.82, 2.24) is 10.2 Å². The van der Waals surface area contributed by atoms with E-state index in [1.807, 2.05) is 24.3 Å². The molecule has 0 saturated carbocycles. The van der Waals surface area contributed by atoms with Crippen molar-refractivity contribution in [1.29, 1.82) is 0 Å². The maximum absolute atomic E-state index is 11.4. The fourth-order valence-corrected chi connectivity index (χ4v) is 4.62. The summed E-state index contributed by atoms with van der Waals surface area (Å²) in [6, 6.07) is 7.82. The number of carboxylic acids is 2. The second-order valence-corrected chi connectivity index (χ2v) is 8.50. The minimum Gasteiger partial charge on any atom is -0.486 e. The third-order valence-electron chi connectivity index (χ3n) is 4.91. The molecule has 30 heavy (non-hydrogen) atoms. The molecule has 0 aromatic heterocycles. The highest BCUT2D eigenvalue weighted by atomic mass is 32.2. The van der Waals surface area contributed by atoms with Gasteiger partial charge in [0, 0.05) is 31.8 Å². The standard InChI is InChI=1S/C16H20N2O3S.C4H4O4/c19-15-11-22-16(17-15)5-7-18(8-6-16)9-12-10-20-13-3-1-2-4-14(13)21-12;5-3(6)1-2-4(7)8/h1-4,12H,5-11H2,(H,17,19);1-2H,(H,5,6)(H,7,8)/b;2-1-. The zero-order valence-corrected chi connectivity index (χ0v) is 17.1. The molecule has 0 aliphatic carbocycles. The van der Waals surface area contributed by atoms with Gasteiger partial charge in [-0.2, -0.15) is 0 Å². The van der Waals surface area contributed by atoms with Crippen LogP contribution in [0.2, 0.25) is 0 Å². The van der Waals surface area contributed by atoms with Crippen LogP contribution in [0.15, 0.2) is 36.4 Å².